The standard InChI is InChI=1S/C22H26N4O3/c1-15(2)9-11-26-12-10-16(3)20(22(26)28)21(27)23-14-19-24-18(25-29-19)13-17-7-5-4-6-8-17/h4-8,10,12,15H,9,11,13-14H2,1-3H3,(H,23,27). The van der Waals surface area contributed by atoms with E-state index in [-0.39, 0.29) is 17.7 Å². The maximum absolute atomic E-state index is 12.7. The molecule has 0 unspecified atom stereocenters. The Bertz CT molecular complexity index is 1020. The summed E-state index contributed by atoms with van der Waals surface area (Å²) in [7, 11) is 0. The third kappa shape index (κ3) is 5.40. The zero-order valence-electron chi connectivity index (χ0n) is 17.0. The van der Waals surface area contributed by atoms with E-state index in [2.05, 4.69) is 29.3 Å². The Morgan fingerprint density at radius 2 is 1.97 bits per heavy atom. The first-order valence-corrected chi connectivity index (χ1v) is 9.77. The number of pyridine rings is 1. The van der Waals surface area contributed by atoms with Crippen molar-refractivity contribution in [2.75, 3.05) is 0 Å². The SMILES string of the molecule is Cc1ccn(CCC(C)C)c(=O)c1C(=O)NCc1nc(Cc2ccccc2)no1. The molecule has 0 radical (unpaired) electrons. The van der Waals surface area contributed by atoms with Gasteiger partial charge in [-0.05, 0) is 36.5 Å². The Balaban J connectivity index is 1.65. The Morgan fingerprint density at radius 1 is 1.21 bits per heavy atom. The number of rotatable bonds is 8. The smallest absolute Gasteiger partial charge is 0.263 e. The van der Waals surface area contributed by atoms with Gasteiger partial charge in [0.15, 0.2) is 5.82 Å². The van der Waals surface area contributed by atoms with Crippen molar-refractivity contribution in [2.45, 2.75) is 46.7 Å². The minimum atomic E-state index is -0.436. The van der Waals surface area contributed by atoms with Gasteiger partial charge in [0.25, 0.3) is 11.5 Å². The van der Waals surface area contributed by atoms with Crippen LogP contribution < -0.4 is 10.9 Å². The van der Waals surface area contributed by atoms with Crippen LogP contribution in [0.25, 0.3) is 0 Å². The van der Waals surface area contributed by atoms with Crippen LogP contribution in [-0.2, 0) is 19.5 Å². The molecule has 152 valence electrons. The fourth-order valence-electron chi connectivity index (χ4n) is 2.97. The largest absolute Gasteiger partial charge is 0.343 e. The normalized spacial score (nSPS) is 11.0. The first kappa shape index (κ1) is 20.5. The number of aryl methyl sites for hydroxylation is 2. The lowest BCUT2D eigenvalue weighted by atomic mass is 10.1. The van der Waals surface area contributed by atoms with Crippen LogP contribution in [0.5, 0.6) is 0 Å². The Hall–Kier alpha value is -3.22. The molecule has 0 spiro atoms. The van der Waals surface area contributed by atoms with Gasteiger partial charge in [-0.1, -0.05) is 49.3 Å². The third-order valence-corrected chi connectivity index (χ3v) is 4.66. The van der Waals surface area contributed by atoms with Gasteiger partial charge in [-0.25, -0.2) is 0 Å². The number of carbonyl (C=O) groups is 1. The van der Waals surface area contributed by atoms with Crippen molar-refractivity contribution >= 4 is 5.91 Å². The molecule has 3 aromatic rings. The predicted octanol–water partition coefficient (Wildman–Crippen LogP) is 3.11. The molecular formula is C22H26N4O3. The van der Waals surface area contributed by atoms with Crippen LogP contribution in [0.4, 0.5) is 0 Å². The lowest BCUT2D eigenvalue weighted by Gasteiger charge is -2.11. The second kappa shape index (κ2) is 9.32. The molecule has 1 amide bonds. The molecule has 0 saturated heterocycles. The zero-order chi connectivity index (χ0) is 20.8. The fraction of sp³-hybridized carbons (Fsp3) is 0.364. The van der Waals surface area contributed by atoms with Crippen molar-refractivity contribution in [3.8, 4) is 0 Å². The van der Waals surface area contributed by atoms with Crippen molar-refractivity contribution in [3.05, 3.63) is 81.4 Å². The van der Waals surface area contributed by atoms with Gasteiger partial charge in [0.1, 0.15) is 5.56 Å². The Morgan fingerprint density at radius 3 is 2.69 bits per heavy atom. The highest BCUT2D eigenvalue weighted by molar-refractivity contribution is 5.95. The molecule has 0 atom stereocenters. The first-order chi connectivity index (χ1) is 13.9. The van der Waals surface area contributed by atoms with Gasteiger partial charge in [-0.3, -0.25) is 9.59 Å². The van der Waals surface area contributed by atoms with Crippen LogP contribution in [0, 0.1) is 12.8 Å². The summed E-state index contributed by atoms with van der Waals surface area (Å²) in [6.07, 6.45) is 3.16. The number of nitrogens with zero attached hydrogens (tertiary/aromatic N) is 3. The average Bonchev–Trinajstić information content (AvgIpc) is 3.14. The summed E-state index contributed by atoms with van der Waals surface area (Å²) in [5, 5.41) is 6.67. The fourth-order valence-corrected chi connectivity index (χ4v) is 2.97. The van der Waals surface area contributed by atoms with Crippen molar-refractivity contribution in [3.63, 3.8) is 0 Å². The zero-order valence-corrected chi connectivity index (χ0v) is 17.0. The van der Waals surface area contributed by atoms with Crippen LogP contribution >= 0.6 is 0 Å². The second-order valence-corrected chi connectivity index (χ2v) is 7.50. The third-order valence-electron chi connectivity index (χ3n) is 4.66. The van der Waals surface area contributed by atoms with E-state index in [4.69, 9.17) is 4.52 Å². The molecule has 0 aliphatic carbocycles. The van der Waals surface area contributed by atoms with E-state index in [1.54, 1.807) is 23.8 Å². The second-order valence-electron chi connectivity index (χ2n) is 7.50. The van der Waals surface area contributed by atoms with Gasteiger partial charge in [-0.2, -0.15) is 4.98 Å². The molecule has 2 aromatic heterocycles. The minimum absolute atomic E-state index is 0.0698. The maximum Gasteiger partial charge on any atom is 0.263 e. The topological polar surface area (TPSA) is 90.0 Å². The molecule has 3 rings (SSSR count). The number of hydrogen-bond acceptors (Lipinski definition) is 5. The van der Waals surface area contributed by atoms with E-state index < -0.39 is 5.91 Å². The quantitative estimate of drug-likeness (QED) is 0.634. The van der Waals surface area contributed by atoms with Gasteiger partial charge in [0, 0.05) is 19.2 Å². The number of benzene rings is 1. The molecule has 0 saturated carbocycles. The van der Waals surface area contributed by atoms with Gasteiger partial charge in [0.2, 0.25) is 5.89 Å². The van der Waals surface area contributed by atoms with Crippen LogP contribution in [0.3, 0.4) is 0 Å². The van der Waals surface area contributed by atoms with E-state index in [0.29, 0.717) is 36.2 Å². The summed E-state index contributed by atoms with van der Waals surface area (Å²) >= 11 is 0. The molecule has 1 aromatic carbocycles. The minimum Gasteiger partial charge on any atom is -0.343 e. The number of amides is 1. The van der Waals surface area contributed by atoms with Gasteiger partial charge in [0.05, 0.1) is 6.54 Å². The van der Waals surface area contributed by atoms with Crippen LogP contribution in [-0.4, -0.2) is 20.6 Å². The molecule has 0 aliphatic rings. The highest BCUT2D eigenvalue weighted by Crippen LogP contribution is 2.08. The summed E-state index contributed by atoms with van der Waals surface area (Å²) in [6, 6.07) is 11.6. The van der Waals surface area contributed by atoms with Gasteiger partial charge < -0.3 is 14.4 Å². The van der Waals surface area contributed by atoms with Crippen LogP contribution in [0.2, 0.25) is 0 Å². The van der Waals surface area contributed by atoms with E-state index in [1.807, 2.05) is 30.3 Å². The van der Waals surface area contributed by atoms with E-state index in [0.717, 1.165) is 12.0 Å². The Kier molecular flexibility index (Phi) is 6.59. The van der Waals surface area contributed by atoms with Gasteiger partial charge in [-0.15, -0.1) is 0 Å². The molecule has 7 nitrogen and oxygen atoms in total. The van der Waals surface area contributed by atoms with Crippen LogP contribution in [0.15, 0.2) is 51.9 Å². The molecule has 1 N–H and O–H groups in total. The number of nitrogens with one attached hydrogen (secondary N) is 1. The van der Waals surface area contributed by atoms with Crippen molar-refractivity contribution in [1.82, 2.24) is 20.0 Å². The molecule has 0 fully saturated rings. The number of aromatic nitrogens is 3. The van der Waals surface area contributed by atoms with Crippen molar-refractivity contribution < 1.29 is 9.32 Å². The monoisotopic (exact) mass is 394 g/mol. The highest BCUT2D eigenvalue weighted by atomic mass is 16.5. The van der Waals surface area contributed by atoms with E-state index in [9.17, 15) is 9.59 Å². The predicted molar refractivity (Wildman–Crippen MR) is 110 cm³/mol. The summed E-state index contributed by atoms with van der Waals surface area (Å²) in [5.74, 6) is 0.891. The maximum atomic E-state index is 12.7. The molecule has 2 heterocycles. The number of hydrogen-bond donors (Lipinski definition) is 1. The lowest BCUT2D eigenvalue weighted by molar-refractivity contribution is 0.0943. The van der Waals surface area contributed by atoms with E-state index >= 15 is 0 Å². The molecular weight excluding hydrogens is 368 g/mol. The summed E-state index contributed by atoms with van der Waals surface area (Å²) < 4.78 is 6.80. The van der Waals surface area contributed by atoms with Gasteiger partial charge >= 0.3 is 0 Å². The summed E-state index contributed by atoms with van der Waals surface area (Å²) in [4.78, 5) is 29.7. The molecule has 0 bridgehead atoms. The summed E-state index contributed by atoms with van der Waals surface area (Å²) in [5.41, 5.74) is 1.59. The van der Waals surface area contributed by atoms with Crippen molar-refractivity contribution in [1.29, 1.82) is 0 Å². The highest BCUT2D eigenvalue weighted by Gasteiger charge is 2.17. The molecule has 0 aliphatic heterocycles. The Labute approximate surface area is 169 Å². The lowest BCUT2D eigenvalue weighted by Crippen LogP contribution is -2.34. The average molecular weight is 394 g/mol. The number of carbonyl (C=O) groups excluding carboxylic acids is 1. The molecule has 29 heavy (non-hydrogen) atoms. The summed E-state index contributed by atoms with van der Waals surface area (Å²) in [6.45, 7) is 6.62. The van der Waals surface area contributed by atoms with Crippen LogP contribution in [0.1, 0.15) is 53.5 Å². The van der Waals surface area contributed by atoms with E-state index in [1.165, 1.54) is 0 Å². The first-order valence-electron chi connectivity index (χ1n) is 9.77. The van der Waals surface area contributed by atoms with Crippen molar-refractivity contribution in [2.24, 2.45) is 5.92 Å². The molecule has 7 heteroatoms.